The largest absolute Gasteiger partial charge is 0.346 e. The Bertz CT molecular complexity index is 749. The van der Waals surface area contributed by atoms with Crippen LogP contribution in [0.25, 0.3) is 0 Å². The maximum absolute atomic E-state index is 12.4. The molecule has 1 fully saturated rings. The third-order valence-electron chi connectivity index (χ3n) is 3.46. The summed E-state index contributed by atoms with van der Waals surface area (Å²) in [4.78, 5) is 0.241. The van der Waals surface area contributed by atoms with Crippen molar-refractivity contribution in [2.24, 2.45) is 5.73 Å². The van der Waals surface area contributed by atoms with Gasteiger partial charge in [0.1, 0.15) is 4.90 Å². The van der Waals surface area contributed by atoms with Crippen molar-refractivity contribution in [3.63, 3.8) is 0 Å². The lowest BCUT2D eigenvalue weighted by atomic mass is 10.3. The summed E-state index contributed by atoms with van der Waals surface area (Å²) in [5.41, 5.74) is 7.01. The highest BCUT2D eigenvalue weighted by Crippen LogP contribution is 2.37. The lowest BCUT2D eigenvalue weighted by molar-refractivity contribution is 0.600. The second-order valence-electron chi connectivity index (χ2n) is 5.12. The fraction of sp³-hybridized carbons (Fsp3) is 0.286. The van der Waals surface area contributed by atoms with Crippen molar-refractivity contribution in [2.45, 2.75) is 30.3 Å². The molecule has 1 heterocycles. The molecule has 1 aromatic heterocycles. The summed E-state index contributed by atoms with van der Waals surface area (Å²) < 4.78 is 29.3. The van der Waals surface area contributed by atoms with Crippen molar-refractivity contribution in [2.75, 3.05) is 4.72 Å². The monoisotopic (exact) mass is 325 g/mol. The molecule has 2 aromatic rings. The number of sulfonamides is 1. The highest BCUT2D eigenvalue weighted by Gasteiger charge is 2.27. The van der Waals surface area contributed by atoms with Crippen LogP contribution in [0.2, 0.25) is 5.02 Å². The lowest BCUT2D eigenvalue weighted by Crippen LogP contribution is -2.12. The van der Waals surface area contributed by atoms with Gasteiger partial charge in [-0.2, -0.15) is 0 Å². The minimum atomic E-state index is -3.61. The molecule has 1 aliphatic rings. The number of nitrogens with one attached hydrogen (secondary N) is 1. The van der Waals surface area contributed by atoms with Crippen LogP contribution in [0.5, 0.6) is 0 Å². The lowest BCUT2D eigenvalue weighted by Gasteiger charge is -2.06. The molecule has 1 aromatic carbocycles. The van der Waals surface area contributed by atoms with Gasteiger partial charge in [0.15, 0.2) is 0 Å². The molecule has 1 aliphatic carbocycles. The van der Waals surface area contributed by atoms with Gasteiger partial charge < -0.3 is 10.3 Å². The number of hydrogen-bond donors (Lipinski definition) is 2. The number of benzene rings is 1. The fourth-order valence-corrected chi connectivity index (χ4v) is 3.47. The predicted octanol–water partition coefficient (Wildman–Crippen LogP) is 2.74. The van der Waals surface area contributed by atoms with Crippen molar-refractivity contribution in [3.05, 3.63) is 47.2 Å². The molecule has 0 amide bonds. The molecule has 0 bridgehead atoms. The predicted molar refractivity (Wildman–Crippen MR) is 82.9 cm³/mol. The van der Waals surface area contributed by atoms with Crippen LogP contribution >= 0.6 is 11.6 Å². The van der Waals surface area contributed by atoms with Crippen LogP contribution in [0, 0.1) is 0 Å². The molecule has 1 saturated carbocycles. The van der Waals surface area contributed by atoms with Gasteiger partial charge in [-0.3, -0.25) is 4.72 Å². The molecule has 0 radical (unpaired) electrons. The van der Waals surface area contributed by atoms with Crippen LogP contribution in [0.1, 0.15) is 24.6 Å². The molecule has 112 valence electrons. The highest BCUT2D eigenvalue weighted by molar-refractivity contribution is 7.92. The summed E-state index contributed by atoms with van der Waals surface area (Å²) in [6.45, 7) is 0.326. The first-order chi connectivity index (χ1) is 9.99. The number of aromatic nitrogens is 1. The summed E-state index contributed by atoms with van der Waals surface area (Å²) in [5.74, 6) is 0. The van der Waals surface area contributed by atoms with Gasteiger partial charge in [-0.1, -0.05) is 11.6 Å². The van der Waals surface area contributed by atoms with E-state index in [0.29, 0.717) is 23.3 Å². The Morgan fingerprint density at radius 1 is 1.29 bits per heavy atom. The maximum Gasteiger partial charge on any atom is 0.263 e. The summed E-state index contributed by atoms with van der Waals surface area (Å²) in [5, 5.41) is 0.559. The molecule has 21 heavy (non-hydrogen) atoms. The number of nitrogens with zero attached hydrogens (tertiary/aromatic N) is 1. The second-order valence-corrected chi connectivity index (χ2v) is 7.24. The van der Waals surface area contributed by atoms with E-state index in [2.05, 4.69) is 4.72 Å². The van der Waals surface area contributed by atoms with Crippen LogP contribution in [0.4, 0.5) is 5.69 Å². The van der Waals surface area contributed by atoms with Gasteiger partial charge in [0.25, 0.3) is 10.0 Å². The van der Waals surface area contributed by atoms with Crippen molar-refractivity contribution in [1.82, 2.24) is 4.57 Å². The molecule has 5 nitrogen and oxygen atoms in total. The van der Waals surface area contributed by atoms with E-state index in [9.17, 15) is 8.42 Å². The Labute approximate surface area is 128 Å². The van der Waals surface area contributed by atoms with Crippen LogP contribution in [-0.4, -0.2) is 13.0 Å². The molecular weight excluding hydrogens is 310 g/mol. The molecule has 0 unspecified atom stereocenters. The zero-order valence-electron chi connectivity index (χ0n) is 11.3. The van der Waals surface area contributed by atoms with E-state index < -0.39 is 10.0 Å². The molecule has 0 aliphatic heterocycles. The SMILES string of the molecule is NCc1cc(S(=O)(=O)Nc2ccc(Cl)cc2)cn1C1CC1. The van der Waals surface area contributed by atoms with Crippen molar-refractivity contribution in [1.29, 1.82) is 0 Å². The number of hydrogen-bond acceptors (Lipinski definition) is 3. The molecule has 0 saturated heterocycles. The van der Waals surface area contributed by atoms with Gasteiger partial charge in [0.2, 0.25) is 0 Å². The third-order valence-corrected chi connectivity index (χ3v) is 5.06. The van der Waals surface area contributed by atoms with E-state index in [1.807, 2.05) is 4.57 Å². The molecule has 0 atom stereocenters. The first kappa shape index (κ1) is 14.4. The molecule has 0 spiro atoms. The fourth-order valence-electron chi connectivity index (χ4n) is 2.23. The standard InChI is InChI=1S/C14H16ClN3O2S/c15-10-1-3-11(4-2-10)17-21(19,20)14-7-13(8-16)18(9-14)12-5-6-12/h1-4,7,9,12,17H,5-6,8,16H2. The average Bonchev–Trinajstić information content (AvgIpc) is 3.19. The Morgan fingerprint density at radius 3 is 2.52 bits per heavy atom. The minimum absolute atomic E-state index is 0.241. The highest BCUT2D eigenvalue weighted by atomic mass is 35.5. The van der Waals surface area contributed by atoms with Gasteiger partial charge in [-0.25, -0.2) is 8.42 Å². The van der Waals surface area contributed by atoms with Crippen LogP contribution < -0.4 is 10.5 Å². The quantitative estimate of drug-likeness (QED) is 0.887. The van der Waals surface area contributed by atoms with E-state index in [1.54, 1.807) is 36.5 Å². The van der Waals surface area contributed by atoms with Crippen molar-refractivity contribution in [3.8, 4) is 0 Å². The summed E-state index contributed by atoms with van der Waals surface area (Å²) in [6, 6.07) is 8.56. The zero-order valence-corrected chi connectivity index (χ0v) is 12.9. The van der Waals surface area contributed by atoms with E-state index in [0.717, 1.165) is 18.5 Å². The van der Waals surface area contributed by atoms with Gasteiger partial charge in [-0.15, -0.1) is 0 Å². The van der Waals surface area contributed by atoms with Crippen molar-refractivity contribution < 1.29 is 8.42 Å². The number of halogens is 1. The first-order valence-corrected chi connectivity index (χ1v) is 8.55. The summed E-state index contributed by atoms with van der Waals surface area (Å²) in [7, 11) is -3.61. The van der Waals surface area contributed by atoms with Gasteiger partial charge in [0, 0.05) is 35.2 Å². The number of rotatable bonds is 5. The third kappa shape index (κ3) is 3.07. The van der Waals surface area contributed by atoms with E-state index >= 15 is 0 Å². The normalized spacial score (nSPS) is 15.1. The smallest absolute Gasteiger partial charge is 0.263 e. The van der Waals surface area contributed by atoms with E-state index in [4.69, 9.17) is 17.3 Å². The summed E-state index contributed by atoms with van der Waals surface area (Å²) >= 11 is 5.79. The van der Waals surface area contributed by atoms with Gasteiger partial charge >= 0.3 is 0 Å². The van der Waals surface area contributed by atoms with Gasteiger partial charge in [-0.05, 0) is 43.2 Å². The Kier molecular flexibility index (Phi) is 3.69. The topological polar surface area (TPSA) is 77.1 Å². The van der Waals surface area contributed by atoms with Crippen LogP contribution in [0.15, 0.2) is 41.4 Å². The second kappa shape index (κ2) is 5.36. The van der Waals surface area contributed by atoms with E-state index in [1.165, 1.54) is 0 Å². The van der Waals surface area contributed by atoms with Crippen molar-refractivity contribution >= 4 is 27.3 Å². The minimum Gasteiger partial charge on any atom is -0.346 e. The zero-order chi connectivity index (χ0) is 15.0. The molecule has 7 heteroatoms. The number of nitrogens with two attached hydrogens (primary N) is 1. The Morgan fingerprint density at radius 2 is 1.95 bits per heavy atom. The Hall–Kier alpha value is -1.50. The molecule has 3 rings (SSSR count). The molecular formula is C14H16ClN3O2S. The first-order valence-electron chi connectivity index (χ1n) is 6.69. The van der Waals surface area contributed by atoms with Crippen LogP contribution in [-0.2, 0) is 16.6 Å². The number of anilines is 1. The Balaban J connectivity index is 1.89. The van der Waals surface area contributed by atoms with E-state index in [-0.39, 0.29) is 4.90 Å². The van der Waals surface area contributed by atoms with Gasteiger partial charge in [0.05, 0.1) is 0 Å². The maximum atomic E-state index is 12.4. The average molecular weight is 326 g/mol. The molecule has 3 N–H and O–H groups in total. The van der Waals surface area contributed by atoms with Crippen LogP contribution in [0.3, 0.4) is 0 Å². The summed E-state index contributed by atoms with van der Waals surface area (Å²) in [6.07, 6.45) is 3.82.